The molecule has 1 aliphatic heterocycles. The number of nitrogens with one attached hydrogen (secondary N) is 1. The third kappa shape index (κ3) is 3.53. The van der Waals surface area contributed by atoms with Crippen molar-refractivity contribution in [3.8, 4) is 15.6 Å². The van der Waals surface area contributed by atoms with Gasteiger partial charge in [-0.25, -0.2) is 4.98 Å². The Labute approximate surface area is 170 Å². The molecule has 8 heteroatoms. The molecule has 144 valence electrons. The maximum absolute atomic E-state index is 12.8. The number of amides is 2. The maximum Gasteiger partial charge on any atom is 0.267 e. The highest BCUT2D eigenvalue weighted by Gasteiger charge is 2.25. The Morgan fingerprint density at radius 2 is 2.18 bits per heavy atom. The number of carbonyl (C=O) groups excluding carboxylic acids is 2. The van der Waals surface area contributed by atoms with Gasteiger partial charge in [0.2, 0.25) is 5.91 Å². The molecule has 0 bridgehead atoms. The third-order valence-electron chi connectivity index (χ3n) is 4.54. The van der Waals surface area contributed by atoms with Gasteiger partial charge in [0, 0.05) is 24.7 Å². The van der Waals surface area contributed by atoms with Gasteiger partial charge in [-0.1, -0.05) is 6.07 Å². The zero-order valence-electron chi connectivity index (χ0n) is 15.5. The second-order valence-electron chi connectivity index (χ2n) is 6.40. The van der Waals surface area contributed by atoms with Gasteiger partial charge >= 0.3 is 0 Å². The number of anilines is 2. The van der Waals surface area contributed by atoms with Crippen LogP contribution in [0, 0.1) is 6.92 Å². The number of carbonyl (C=O) groups is 2. The van der Waals surface area contributed by atoms with Crippen LogP contribution >= 0.6 is 22.7 Å². The van der Waals surface area contributed by atoms with Crippen molar-refractivity contribution in [2.24, 2.45) is 0 Å². The van der Waals surface area contributed by atoms with Crippen LogP contribution < -0.4 is 15.0 Å². The van der Waals surface area contributed by atoms with E-state index in [0.717, 1.165) is 22.0 Å². The summed E-state index contributed by atoms with van der Waals surface area (Å²) < 4.78 is 5.46. The van der Waals surface area contributed by atoms with E-state index < -0.39 is 0 Å². The zero-order chi connectivity index (χ0) is 19.7. The summed E-state index contributed by atoms with van der Waals surface area (Å²) >= 11 is 2.98. The molecular formula is C20H19N3O3S2. The van der Waals surface area contributed by atoms with Crippen LogP contribution in [0.3, 0.4) is 0 Å². The second-order valence-corrected chi connectivity index (χ2v) is 8.35. The number of aryl methyl sites for hydroxylation is 1. The Bertz CT molecular complexity index is 1030. The van der Waals surface area contributed by atoms with Gasteiger partial charge in [-0.2, -0.15) is 0 Å². The quantitative estimate of drug-likeness (QED) is 0.665. The smallest absolute Gasteiger partial charge is 0.267 e. The highest BCUT2D eigenvalue weighted by molar-refractivity contribution is 7.22. The molecule has 2 amide bonds. The van der Waals surface area contributed by atoms with Crippen molar-refractivity contribution in [2.75, 3.05) is 23.9 Å². The highest BCUT2D eigenvalue weighted by Crippen LogP contribution is 2.35. The fourth-order valence-corrected chi connectivity index (χ4v) is 4.94. The Kier molecular flexibility index (Phi) is 5.15. The van der Waals surface area contributed by atoms with E-state index in [0.29, 0.717) is 35.0 Å². The Balaban J connectivity index is 1.56. The number of rotatable bonds is 5. The van der Waals surface area contributed by atoms with E-state index in [1.807, 2.05) is 30.5 Å². The Morgan fingerprint density at radius 1 is 1.32 bits per heavy atom. The molecule has 1 fully saturated rings. The van der Waals surface area contributed by atoms with Gasteiger partial charge in [0.15, 0.2) is 0 Å². The number of nitrogens with zero attached hydrogens (tertiary/aromatic N) is 2. The van der Waals surface area contributed by atoms with Crippen LogP contribution in [0.25, 0.3) is 9.88 Å². The van der Waals surface area contributed by atoms with Gasteiger partial charge in [-0.15, -0.1) is 22.7 Å². The van der Waals surface area contributed by atoms with Gasteiger partial charge in [0.05, 0.1) is 23.4 Å². The first-order valence-electron chi connectivity index (χ1n) is 8.88. The van der Waals surface area contributed by atoms with Crippen LogP contribution in [0.1, 0.15) is 28.2 Å². The molecule has 1 aromatic carbocycles. The molecule has 3 aromatic rings. The van der Waals surface area contributed by atoms with Crippen LogP contribution in [0.2, 0.25) is 0 Å². The first-order valence-corrected chi connectivity index (χ1v) is 10.6. The molecule has 1 N–H and O–H groups in total. The molecule has 6 nitrogen and oxygen atoms in total. The summed E-state index contributed by atoms with van der Waals surface area (Å²) in [7, 11) is 1.56. The lowest BCUT2D eigenvalue weighted by atomic mass is 10.2. The summed E-state index contributed by atoms with van der Waals surface area (Å²) in [6.07, 6.45) is 1.40. The number of hydrogen-bond acceptors (Lipinski definition) is 6. The van der Waals surface area contributed by atoms with Crippen LogP contribution in [0.15, 0.2) is 35.7 Å². The fourth-order valence-electron chi connectivity index (χ4n) is 3.18. The Morgan fingerprint density at radius 3 is 2.86 bits per heavy atom. The molecule has 2 aromatic heterocycles. The standard InChI is InChI=1S/C20H19N3O3S2/c1-12-18(28-20(21-12)16-5-4-10-27-16)19(25)22-13-7-8-14(15(11-13)26-2)23-9-3-6-17(23)24/h4-5,7-8,10-11H,3,6,9H2,1-2H3,(H,22,25). The summed E-state index contributed by atoms with van der Waals surface area (Å²) in [5, 5.41) is 5.75. The average Bonchev–Trinajstić information content (AvgIpc) is 3.42. The first-order chi connectivity index (χ1) is 13.6. The lowest BCUT2D eigenvalue weighted by Crippen LogP contribution is -2.24. The predicted octanol–water partition coefficient (Wildman–Crippen LogP) is 4.57. The van der Waals surface area contributed by atoms with E-state index in [-0.39, 0.29) is 11.8 Å². The predicted molar refractivity (Wildman–Crippen MR) is 113 cm³/mol. The van der Waals surface area contributed by atoms with E-state index in [2.05, 4.69) is 10.3 Å². The van der Waals surface area contributed by atoms with Crippen LogP contribution in [0.4, 0.5) is 11.4 Å². The summed E-state index contributed by atoms with van der Waals surface area (Å²) in [5.74, 6) is 0.453. The molecule has 0 radical (unpaired) electrons. The van der Waals surface area contributed by atoms with Crippen molar-refractivity contribution in [2.45, 2.75) is 19.8 Å². The molecule has 4 rings (SSSR count). The maximum atomic E-state index is 12.8. The zero-order valence-corrected chi connectivity index (χ0v) is 17.2. The molecule has 0 atom stereocenters. The third-order valence-corrected chi connectivity index (χ3v) is 6.73. The topological polar surface area (TPSA) is 71.5 Å². The number of ether oxygens (including phenoxy) is 1. The van der Waals surface area contributed by atoms with Crippen molar-refractivity contribution in [3.05, 3.63) is 46.3 Å². The van der Waals surface area contributed by atoms with Gasteiger partial charge < -0.3 is 15.0 Å². The minimum Gasteiger partial charge on any atom is -0.494 e. The van der Waals surface area contributed by atoms with E-state index >= 15 is 0 Å². The molecule has 28 heavy (non-hydrogen) atoms. The summed E-state index contributed by atoms with van der Waals surface area (Å²) in [6.45, 7) is 2.53. The van der Waals surface area contributed by atoms with Gasteiger partial charge in [-0.05, 0) is 36.9 Å². The van der Waals surface area contributed by atoms with E-state index in [1.54, 1.807) is 35.5 Å². The summed E-state index contributed by atoms with van der Waals surface area (Å²) in [6, 6.07) is 9.31. The number of aromatic nitrogens is 1. The van der Waals surface area contributed by atoms with Crippen molar-refractivity contribution in [3.63, 3.8) is 0 Å². The van der Waals surface area contributed by atoms with Crippen LogP contribution in [0.5, 0.6) is 5.75 Å². The van der Waals surface area contributed by atoms with Gasteiger partial charge in [-0.3, -0.25) is 9.59 Å². The summed E-state index contributed by atoms with van der Waals surface area (Å²) in [4.78, 5) is 32.7. The molecule has 0 unspecified atom stereocenters. The molecular weight excluding hydrogens is 394 g/mol. The molecule has 3 heterocycles. The molecule has 0 aliphatic carbocycles. The first kappa shape index (κ1) is 18.6. The second kappa shape index (κ2) is 7.73. The molecule has 1 aliphatic rings. The Hall–Kier alpha value is -2.71. The molecule has 0 spiro atoms. The lowest BCUT2D eigenvalue weighted by molar-refractivity contribution is -0.117. The van der Waals surface area contributed by atoms with Crippen LogP contribution in [-0.2, 0) is 4.79 Å². The molecule has 0 saturated carbocycles. The largest absolute Gasteiger partial charge is 0.494 e. The number of thiophene rings is 1. The number of benzene rings is 1. The number of thiazole rings is 1. The average molecular weight is 414 g/mol. The highest BCUT2D eigenvalue weighted by atomic mass is 32.1. The van der Waals surface area contributed by atoms with Crippen molar-refractivity contribution < 1.29 is 14.3 Å². The number of methoxy groups -OCH3 is 1. The van der Waals surface area contributed by atoms with Gasteiger partial charge in [0.1, 0.15) is 15.6 Å². The fraction of sp³-hybridized carbons (Fsp3) is 0.250. The van der Waals surface area contributed by atoms with E-state index in [9.17, 15) is 9.59 Å². The minimum atomic E-state index is -0.204. The normalized spacial score (nSPS) is 13.8. The van der Waals surface area contributed by atoms with Crippen molar-refractivity contribution in [1.29, 1.82) is 0 Å². The number of hydrogen-bond donors (Lipinski definition) is 1. The van der Waals surface area contributed by atoms with Crippen molar-refractivity contribution in [1.82, 2.24) is 4.98 Å². The monoisotopic (exact) mass is 413 g/mol. The van der Waals surface area contributed by atoms with Gasteiger partial charge in [0.25, 0.3) is 5.91 Å². The summed E-state index contributed by atoms with van der Waals surface area (Å²) in [5.41, 5.74) is 2.05. The SMILES string of the molecule is COc1cc(NC(=O)c2sc(-c3cccs3)nc2C)ccc1N1CCCC1=O. The lowest BCUT2D eigenvalue weighted by Gasteiger charge is -2.19. The van der Waals surface area contributed by atoms with Crippen molar-refractivity contribution >= 4 is 45.9 Å². The van der Waals surface area contributed by atoms with Crippen LogP contribution in [-0.4, -0.2) is 30.5 Å². The van der Waals surface area contributed by atoms with E-state index in [1.165, 1.54) is 11.3 Å². The molecule has 1 saturated heterocycles. The minimum absolute atomic E-state index is 0.0940. The van der Waals surface area contributed by atoms with E-state index in [4.69, 9.17) is 4.74 Å².